The van der Waals surface area contributed by atoms with Gasteiger partial charge in [0.2, 0.25) is 0 Å². The number of likely N-dealkylation sites (N-methyl/N-ethyl adjacent to an activating group) is 1. The third-order valence-electron chi connectivity index (χ3n) is 3.93. The maximum absolute atomic E-state index is 10.7. The Hall–Kier alpha value is -1.64. The van der Waals surface area contributed by atoms with Gasteiger partial charge in [0.1, 0.15) is 0 Å². The van der Waals surface area contributed by atoms with E-state index in [0.717, 1.165) is 24.9 Å². The van der Waals surface area contributed by atoms with Crippen LogP contribution >= 0.6 is 0 Å². The topological polar surface area (TPSA) is 23.5 Å². The van der Waals surface area contributed by atoms with Gasteiger partial charge in [0.25, 0.3) is 0 Å². The smallest absolute Gasteiger partial charge is 0.0945 e. The average molecular weight is 283 g/mol. The number of hydrogen-bond donors (Lipinski definition) is 1. The van der Waals surface area contributed by atoms with Crippen molar-refractivity contribution in [3.63, 3.8) is 0 Å². The normalized spacial score (nSPS) is 14.1. The molecule has 0 heterocycles. The zero-order valence-corrected chi connectivity index (χ0v) is 12.9. The van der Waals surface area contributed by atoms with Crippen LogP contribution < -0.4 is 0 Å². The third kappa shape index (κ3) is 4.42. The van der Waals surface area contributed by atoms with Crippen molar-refractivity contribution >= 4 is 0 Å². The lowest BCUT2D eigenvalue weighted by Gasteiger charge is -2.32. The van der Waals surface area contributed by atoms with Crippen molar-refractivity contribution in [2.45, 2.75) is 38.5 Å². The summed E-state index contributed by atoms with van der Waals surface area (Å²) in [6, 6.07) is 20.5. The molecule has 2 rings (SSSR count). The second kappa shape index (κ2) is 7.96. The van der Waals surface area contributed by atoms with E-state index in [0.29, 0.717) is 0 Å². The summed E-state index contributed by atoms with van der Waals surface area (Å²) in [5.41, 5.74) is 2.28. The van der Waals surface area contributed by atoms with Gasteiger partial charge in [-0.1, -0.05) is 74.0 Å². The van der Waals surface area contributed by atoms with Gasteiger partial charge in [-0.3, -0.25) is 4.90 Å². The van der Waals surface area contributed by atoms with Crippen LogP contribution in [0.4, 0.5) is 0 Å². The molecule has 2 heteroatoms. The van der Waals surface area contributed by atoms with Crippen LogP contribution in [0.15, 0.2) is 60.7 Å². The summed E-state index contributed by atoms with van der Waals surface area (Å²) in [5.74, 6) is 0. The summed E-state index contributed by atoms with van der Waals surface area (Å²) >= 11 is 0. The first-order chi connectivity index (χ1) is 10.2. The van der Waals surface area contributed by atoms with Crippen molar-refractivity contribution in [2.24, 2.45) is 0 Å². The Morgan fingerprint density at radius 3 is 2.10 bits per heavy atom. The SMILES string of the molecule is CCC[C@@H]([C@H](O)c1ccccc1)N(C)Cc1ccccc1. The molecule has 0 aliphatic carbocycles. The molecule has 2 aromatic rings. The van der Waals surface area contributed by atoms with Crippen LogP contribution in [0.1, 0.15) is 37.0 Å². The van der Waals surface area contributed by atoms with Crippen molar-refractivity contribution in [3.05, 3.63) is 71.8 Å². The molecule has 0 fully saturated rings. The van der Waals surface area contributed by atoms with Gasteiger partial charge in [0.15, 0.2) is 0 Å². The Morgan fingerprint density at radius 1 is 0.952 bits per heavy atom. The highest BCUT2D eigenvalue weighted by Gasteiger charge is 2.24. The van der Waals surface area contributed by atoms with Crippen LogP contribution in [0.5, 0.6) is 0 Å². The van der Waals surface area contributed by atoms with Crippen LogP contribution in [0.25, 0.3) is 0 Å². The first-order valence-corrected chi connectivity index (χ1v) is 7.69. The van der Waals surface area contributed by atoms with Crippen molar-refractivity contribution in [3.8, 4) is 0 Å². The summed E-state index contributed by atoms with van der Waals surface area (Å²) in [6.45, 7) is 3.02. The molecular weight excluding hydrogens is 258 g/mol. The first-order valence-electron chi connectivity index (χ1n) is 7.69. The Bertz CT molecular complexity index is 512. The number of rotatable bonds is 7. The van der Waals surface area contributed by atoms with E-state index in [1.807, 2.05) is 36.4 Å². The highest BCUT2D eigenvalue weighted by atomic mass is 16.3. The molecule has 0 spiro atoms. The van der Waals surface area contributed by atoms with Crippen molar-refractivity contribution < 1.29 is 5.11 Å². The average Bonchev–Trinajstić information content (AvgIpc) is 2.53. The maximum Gasteiger partial charge on any atom is 0.0945 e. The van der Waals surface area contributed by atoms with Gasteiger partial charge >= 0.3 is 0 Å². The van der Waals surface area contributed by atoms with Crippen LogP contribution in [0, 0.1) is 0 Å². The highest BCUT2D eigenvalue weighted by Crippen LogP contribution is 2.24. The molecule has 0 aliphatic heterocycles. The van der Waals surface area contributed by atoms with Gasteiger partial charge in [-0.2, -0.15) is 0 Å². The molecule has 0 bridgehead atoms. The molecule has 2 atom stereocenters. The summed E-state index contributed by atoms with van der Waals surface area (Å²) in [4.78, 5) is 2.26. The van der Waals surface area contributed by atoms with E-state index < -0.39 is 6.10 Å². The van der Waals surface area contributed by atoms with Crippen LogP contribution in [0.3, 0.4) is 0 Å². The lowest BCUT2D eigenvalue weighted by atomic mass is 9.97. The number of aliphatic hydroxyl groups is 1. The van der Waals surface area contributed by atoms with E-state index in [1.165, 1.54) is 5.56 Å². The molecule has 0 amide bonds. The lowest BCUT2D eigenvalue weighted by Crippen LogP contribution is -2.36. The number of aliphatic hydroxyl groups excluding tert-OH is 1. The van der Waals surface area contributed by atoms with Gasteiger partial charge in [0.05, 0.1) is 6.10 Å². The molecule has 0 saturated carbocycles. The van der Waals surface area contributed by atoms with E-state index in [1.54, 1.807) is 0 Å². The van der Waals surface area contributed by atoms with Crippen molar-refractivity contribution in [2.75, 3.05) is 7.05 Å². The standard InChI is InChI=1S/C19H25NO/c1-3-10-18(19(21)17-13-8-5-9-14-17)20(2)15-16-11-6-4-7-12-16/h4-9,11-14,18-19,21H,3,10,15H2,1-2H3/t18-,19+/m0/s1. The van der Waals surface area contributed by atoms with Crippen LogP contribution in [-0.4, -0.2) is 23.1 Å². The number of hydrogen-bond acceptors (Lipinski definition) is 2. The van der Waals surface area contributed by atoms with Crippen LogP contribution in [0.2, 0.25) is 0 Å². The molecule has 21 heavy (non-hydrogen) atoms. The predicted octanol–water partition coefficient (Wildman–Crippen LogP) is 4.02. The Kier molecular flexibility index (Phi) is 5.97. The number of nitrogens with zero attached hydrogens (tertiary/aromatic N) is 1. The summed E-state index contributed by atoms with van der Waals surface area (Å²) in [7, 11) is 2.10. The molecule has 0 saturated heterocycles. The molecule has 0 radical (unpaired) electrons. The molecule has 0 aliphatic rings. The van der Waals surface area contributed by atoms with Gasteiger partial charge < -0.3 is 5.11 Å². The van der Waals surface area contributed by atoms with Gasteiger partial charge in [-0.05, 0) is 24.6 Å². The fraction of sp³-hybridized carbons (Fsp3) is 0.368. The minimum absolute atomic E-state index is 0.137. The van der Waals surface area contributed by atoms with Gasteiger partial charge in [-0.25, -0.2) is 0 Å². The van der Waals surface area contributed by atoms with E-state index in [4.69, 9.17) is 0 Å². The van der Waals surface area contributed by atoms with E-state index in [9.17, 15) is 5.11 Å². The molecule has 112 valence electrons. The Balaban J connectivity index is 2.10. The summed E-state index contributed by atoms with van der Waals surface area (Å²) in [6.07, 6.45) is 1.60. The van der Waals surface area contributed by atoms with Gasteiger partial charge in [-0.15, -0.1) is 0 Å². The van der Waals surface area contributed by atoms with Crippen molar-refractivity contribution in [1.82, 2.24) is 4.90 Å². The zero-order valence-electron chi connectivity index (χ0n) is 12.9. The minimum atomic E-state index is -0.445. The van der Waals surface area contributed by atoms with Crippen molar-refractivity contribution in [1.29, 1.82) is 0 Å². The van der Waals surface area contributed by atoms with E-state index in [-0.39, 0.29) is 6.04 Å². The fourth-order valence-electron chi connectivity index (χ4n) is 2.78. The molecular formula is C19H25NO. The third-order valence-corrected chi connectivity index (χ3v) is 3.93. The van der Waals surface area contributed by atoms with E-state index >= 15 is 0 Å². The minimum Gasteiger partial charge on any atom is -0.387 e. The Labute approximate surface area is 128 Å². The highest BCUT2D eigenvalue weighted by molar-refractivity contribution is 5.19. The quantitative estimate of drug-likeness (QED) is 0.829. The maximum atomic E-state index is 10.7. The first kappa shape index (κ1) is 15.7. The molecule has 1 N–H and O–H groups in total. The number of benzene rings is 2. The van der Waals surface area contributed by atoms with Crippen LogP contribution in [-0.2, 0) is 6.54 Å². The second-order valence-corrected chi connectivity index (χ2v) is 5.61. The lowest BCUT2D eigenvalue weighted by molar-refractivity contribution is 0.0531. The molecule has 0 unspecified atom stereocenters. The Morgan fingerprint density at radius 2 is 1.52 bits per heavy atom. The van der Waals surface area contributed by atoms with Gasteiger partial charge in [0, 0.05) is 12.6 Å². The monoisotopic (exact) mass is 283 g/mol. The summed E-state index contributed by atoms with van der Waals surface area (Å²) < 4.78 is 0. The fourth-order valence-corrected chi connectivity index (χ4v) is 2.78. The largest absolute Gasteiger partial charge is 0.387 e. The zero-order chi connectivity index (χ0) is 15.1. The summed E-state index contributed by atoms with van der Waals surface area (Å²) in [5, 5.41) is 10.7. The second-order valence-electron chi connectivity index (χ2n) is 5.61. The molecule has 2 aromatic carbocycles. The predicted molar refractivity (Wildman–Crippen MR) is 88.0 cm³/mol. The molecule has 0 aromatic heterocycles. The van der Waals surface area contributed by atoms with E-state index in [2.05, 4.69) is 43.1 Å². The molecule has 2 nitrogen and oxygen atoms in total.